The number of aliphatic hydroxyl groups is 1. The molecule has 1 fully saturated rings. The topological polar surface area (TPSA) is 57.5 Å². The van der Waals surface area contributed by atoms with Crippen LogP contribution in [0, 0.1) is 23.2 Å². The average Bonchev–Trinajstić information content (AvgIpc) is 3.09. The highest BCUT2D eigenvalue weighted by Gasteiger charge is 2.54. The van der Waals surface area contributed by atoms with Crippen LogP contribution in [0.3, 0.4) is 0 Å². The molecule has 4 rings (SSSR count). The summed E-state index contributed by atoms with van der Waals surface area (Å²) in [6.45, 7) is 2.54. The fourth-order valence-corrected chi connectivity index (χ4v) is 7.08. The third-order valence-corrected chi connectivity index (χ3v) is 8.89. The highest BCUT2D eigenvalue weighted by atomic mass is 16.3. The van der Waals surface area contributed by atoms with Crippen molar-refractivity contribution >= 4 is 5.78 Å². The maximum absolute atomic E-state index is 12.7. The van der Waals surface area contributed by atoms with Crippen molar-refractivity contribution in [2.45, 2.75) is 96.3 Å². The van der Waals surface area contributed by atoms with Crippen molar-refractivity contribution in [3.63, 3.8) is 0 Å². The molecule has 0 unspecified atom stereocenters. The van der Waals surface area contributed by atoms with Gasteiger partial charge >= 0.3 is 0 Å². The Bertz CT molecular complexity index is 813. The quantitative estimate of drug-likeness (QED) is 0.377. The van der Waals surface area contributed by atoms with Gasteiger partial charge in [0.15, 0.2) is 5.78 Å². The number of aromatic hydroxyl groups is 1. The van der Waals surface area contributed by atoms with E-state index in [0.29, 0.717) is 41.8 Å². The number of hydrogen-bond donors (Lipinski definition) is 2. The Balaban J connectivity index is 1.35. The number of allylic oxidation sites excluding steroid dienone is 2. The van der Waals surface area contributed by atoms with E-state index in [1.165, 1.54) is 62.5 Å². The van der Waals surface area contributed by atoms with Crippen molar-refractivity contribution in [2.75, 3.05) is 6.61 Å². The first kappa shape index (κ1) is 23.5. The minimum atomic E-state index is -0.191. The van der Waals surface area contributed by atoms with E-state index in [1.807, 2.05) is 18.2 Å². The molecule has 5 atom stereocenters. The zero-order valence-corrected chi connectivity index (χ0v) is 19.9. The van der Waals surface area contributed by atoms with Crippen LogP contribution in [0.15, 0.2) is 30.4 Å². The maximum Gasteiger partial charge on any atom is 0.161 e. The standard InChI is InChI=1S/C29H42O3/c1-29-17-16-25-24-13-12-23(31)20-22(24)19-21(28(25)26(29)14-15-27(29)32)11-9-7-5-3-2-4-6-8-10-18-30/h12-15,20-21,25-26,28,30-31H,2-11,16-19H2,1H3/t21-,25-,26+,28-,29+/m1/s1. The number of benzene rings is 1. The Labute approximate surface area is 194 Å². The van der Waals surface area contributed by atoms with Crippen molar-refractivity contribution in [3.8, 4) is 5.75 Å². The first-order valence-corrected chi connectivity index (χ1v) is 13.2. The van der Waals surface area contributed by atoms with Crippen molar-refractivity contribution in [1.29, 1.82) is 0 Å². The first-order chi connectivity index (χ1) is 15.5. The molecule has 0 heterocycles. The normalized spacial score (nSPS) is 30.8. The van der Waals surface area contributed by atoms with Crippen molar-refractivity contribution in [2.24, 2.45) is 23.2 Å². The molecule has 0 aliphatic heterocycles. The lowest BCUT2D eigenvalue weighted by atomic mass is 9.52. The maximum atomic E-state index is 12.7. The second-order valence-electron chi connectivity index (χ2n) is 10.9. The summed E-state index contributed by atoms with van der Waals surface area (Å²) in [7, 11) is 0. The molecule has 1 aromatic carbocycles. The van der Waals surface area contributed by atoms with E-state index in [0.717, 1.165) is 32.1 Å². The molecule has 1 saturated carbocycles. The van der Waals surface area contributed by atoms with Crippen LogP contribution in [0.2, 0.25) is 0 Å². The lowest BCUT2D eigenvalue weighted by molar-refractivity contribution is -0.127. The zero-order valence-electron chi connectivity index (χ0n) is 19.9. The monoisotopic (exact) mass is 438 g/mol. The summed E-state index contributed by atoms with van der Waals surface area (Å²) in [4.78, 5) is 12.7. The van der Waals surface area contributed by atoms with Crippen LogP contribution >= 0.6 is 0 Å². The van der Waals surface area contributed by atoms with Crippen LogP contribution in [-0.4, -0.2) is 22.6 Å². The number of carbonyl (C=O) groups is 1. The summed E-state index contributed by atoms with van der Waals surface area (Å²) >= 11 is 0. The summed E-state index contributed by atoms with van der Waals surface area (Å²) in [5.74, 6) is 2.79. The van der Waals surface area contributed by atoms with E-state index < -0.39 is 0 Å². The van der Waals surface area contributed by atoms with Crippen LogP contribution in [0.1, 0.15) is 101 Å². The van der Waals surface area contributed by atoms with Gasteiger partial charge in [0, 0.05) is 12.0 Å². The van der Waals surface area contributed by atoms with Gasteiger partial charge in [0.2, 0.25) is 0 Å². The second-order valence-corrected chi connectivity index (χ2v) is 10.9. The van der Waals surface area contributed by atoms with E-state index in [9.17, 15) is 9.90 Å². The molecular weight excluding hydrogens is 396 g/mol. The van der Waals surface area contributed by atoms with E-state index in [1.54, 1.807) is 0 Å². The van der Waals surface area contributed by atoms with Crippen molar-refractivity contribution < 1.29 is 15.0 Å². The van der Waals surface area contributed by atoms with Gasteiger partial charge in [-0.15, -0.1) is 0 Å². The van der Waals surface area contributed by atoms with Gasteiger partial charge in [-0.3, -0.25) is 4.79 Å². The molecule has 3 aliphatic carbocycles. The first-order valence-electron chi connectivity index (χ1n) is 13.2. The van der Waals surface area contributed by atoms with Crippen LogP contribution in [0.4, 0.5) is 0 Å². The number of unbranched alkanes of at least 4 members (excludes halogenated alkanes) is 8. The van der Waals surface area contributed by atoms with Gasteiger partial charge in [0.25, 0.3) is 0 Å². The molecule has 3 aliphatic rings. The molecule has 1 aromatic rings. The Hall–Kier alpha value is -1.61. The Kier molecular flexibility index (Phi) is 7.76. The second kappa shape index (κ2) is 10.5. The summed E-state index contributed by atoms with van der Waals surface area (Å²) in [5, 5.41) is 19.0. The lowest BCUT2D eigenvalue weighted by Gasteiger charge is -2.51. The van der Waals surface area contributed by atoms with Crippen LogP contribution in [0.5, 0.6) is 5.75 Å². The molecule has 0 saturated heterocycles. The number of phenols is 1. The van der Waals surface area contributed by atoms with Gasteiger partial charge in [-0.05, 0) is 85.1 Å². The van der Waals surface area contributed by atoms with Gasteiger partial charge in [0.05, 0.1) is 0 Å². The molecule has 3 heteroatoms. The van der Waals surface area contributed by atoms with Crippen LogP contribution in [0.25, 0.3) is 0 Å². The van der Waals surface area contributed by atoms with Gasteiger partial charge in [0.1, 0.15) is 5.75 Å². The number of ketones is 1. The molecule has 0 aromatic heterocycles. The predicted molar refractivity (Wildman–Crippen MR) is 130 cm³/mol. The van der Waals surface area contributed by atoms with E-state index in [-0.39, 0.29) is 5.41 Å². The van der Waals surface area contributed by atoms with Gasteiger partial charge in [-0.1, -0.05) is 70.4 Å². The number of hydrogen-bond acceptors (Lipinski definition) is 3. The molecule has 0 bridgehead atoms. The molecule has 0 spiro atoms. The Morgan fingerprint density at radius 3 is 2.41 bits per heavy atom. The Morgan fingerprint density at radius 1 is 1.00 bits per heavy atom. The van der Waals surface area contributed by atoms with E-state index in [2.05, 4.69) is 19.1 Å². The SMILES string of the molecule is C[C@]12CC[C@@H]3c4ccc(O)cc4C[C@@H](CCCCCCCCCCCO)[C@H]3[C@@H]1C=CC2=O. The zero-order chi connectivity index (χ0) is 22.6. The van der Waals surface area contributed by atoms with Crippen molar-refractivity contribution in [3.05, 3.63) is 41.5 Å². The van der Waals surface area contributed by atoms with Crippen LogP contribution in [-0.2, 0) is 11.2 Å². The summed E-state index contributed by atoms with van der Waals surface area (Å²) in [6.07, 6.45) is 19.7. The molecule has 0 radical (unpaired) electrons. The van der Waals surface area contributed by atoms with Gasteiger partial charge in [-0.2, -0.15) is 0 Å². The molecule has 32 heavy (non-hydrogen) atoms. The third-order valence-electron chi connectivity index (χ3n) is 8.89. The van der Waals surface area contributed by atoms with E-state index in [4.69, 9.17) is 5.11 Å². The summed E-state index contributed by atoms with van der Waals surface area (Å²) < 4.78 is 0. The smallest absolute Gasteiger partial charge is 0.161 e. The van der Waals surface area contributed by atoms with Crippen LogP contribution < -0.4 is 0 Å². The van der Waals surface area contributed by atoms with Gasteiger partial charge < -0.3 is 10.2 Å². The lowest BCUT2D eigenvalue weighted by Crippen LogP contribution is -2.46. The highest BCUT2D eigenvalue weighted by Crippen LogP contribution is 2.59. The average molecular weight is 439 g/mol. The predicted octanol–water partition coefficient (Wildman–Crippen LogP) is 6.71. The number of fused-ring (bicyclic) bond motifs is 5. The fraction of sp³-hybridized carbons (Fsp3) is 0.690. The van der Waals surface area contributed by atoms with Gasteiger partial charge in [-0.25, -0.2) is 0 Å². The largest absolute Gasteiger partial charge is 0.508 e. The number of phenolic OH excluding ortho intramolecular Hbond substituents is 1. The Morgan fingerprint density at radius 2 is 1.69 bits per heavy atom. The minimum Gasteiger partial charge on any atom is -0.508 e. The molecule has 2 N–H and O–H groups in total. The number of rotatable bonds is 11. The minimum absolute atomic E-state index is 0.191. The molecule has 176 valence electrons. The highest BCUT2D eigenvalue weighted by molar-refractivity contribution is 5.97. The number of aliphatic hydroxyl groups excluding tert-OH is 1. The van der Waals surface area contributed by atoms with Crippen molar-refractivity contribution in [1.82, 2.24) is 0 Å². The fourth-order valence-electron chi connectivity index (χ4n) is 7.08. The molecule has 3 nitrogen and oxygen atoms in total. The molecular formula is C29H42O3. The third kappa shape index (κ3) is 4.83. The summed E-state index contributed by atoms with van der Waals surface area (Å²) in [6, 6.07) is 6.00. The number of carbonyl (C=O) groups excluding carboxylic acids is 1. The summed E-state index contributed by atoms with van der Waals surface area (Å²) in [5.41, 5.74) is 2.58. The van der Waals surface area contributed by atoms with E-state index >= 15 is 0 Å². The molecule has 0 amide bonds.